The van der Waals surface area contributed by atoms with Crippen LogP contribution in [0.4, 0.5) is 5.69 Å². The van der Waals surface area contributed by atoms with Gasteiger partial charge >= 0.3 is 0 Å². The van der Waals surface area contributed by atoms with Gasteiger partial charge in [-0.1, -0.05) is 6.92 Å². The topological polar surface area (TPSA) is 46.6 Å². The van der Waals surface area contributed by atoms with Crippen LogP contribution in [0.1, 0.15) is 23.7 Å². The van der Waals surface area contributed by atoms with Gasteiger partial charge in [0.25, 0.3) is 11.7 Å². The first-order valence-corrected chi connectivity index (χ1v) is 7.46. The number of thioether (sulfide) groups is 1. The maximum Gasteiger partial charge on any atom is 0.299 e. The number of ketones is 1. The maximum atomic E-state index is 12.0. The Morgan fingerprint density at radius 1 is 1.32 bits per heavy atom. The Bertz CT molecular complexity index is 501. The van der Waals surface area contributed by atoms with Crippen molar-refractivity contribution in [3.63, 3.8) is 0 Å². The summed E-state index contributed by atoms with van der Waals surface area (Å²) in [6.45, 7) is 2.70. The van der Waals surface area contributed by atoms with Crippen molar-refractivity contribution >= 4 is 29.1 Å². The van der Waals surface area contributed by atoms with Crippen LogP contribution in [-0.2, 0) is 4.79 Å². The van der Waals surface area contributed by atoms with E-state index in [1.165, 1.54) is 0 Å². The fourth-order valence-corrected chi connectivity index (χ4v) is 2.72. The molecule has 5 heteroatoms. The lowest BCUT2D eigenvalue weighted by atomic mass is 10.1. The summed E-state index contributed by atoms with van der Waals surface area (Å²) in [6.07, 6.45) is 0.892. The molecule has 2 rings (SSSR count). The molecule has 0 bridgehead atoms. The zero-order chi connectivity index (χ0) is 13.8. The Balaban J connectivity index is 2.15. The predicted molar refractivity (Wildman–Crippen MR) is 77.3 cm³/mol. The van der Waals surface area contributed by atoms with Crippen molar-refractivity contribution < 1.29 is 14.3 Å². The molecule has 0 spiro atoms. The molecule has 0 saturated heterocycles. The van der Waals surface area contributed by atoms with Crippen molar-refractivity contribution in [3.8, 4) is 5.75 Å². The Morgan fingerprint density at radius 3 is 2.79 bits per heavy atom. The third kappa shape index (κ3) is 2.76. The highest BCUT2D eigenvalue weighted by atomic mass is 32.2. The molecule has 1 heterocycles. The molecule has 0 aliphatic carbocycles. The normalized spacial score (nSPS) is 13.9. The van der Waals surface area contributed by atoms with Gasteiger partial charge in [-0.3, -0.25) is 9.59 Å². The second-order valence-electron chi connectivity index (χ2n) is 4.22. The number of hydrogen-bond donors (Lipinski definition) is 0. The number of amides is 1. The number of ether oxygens (including phenoxy) is 1. The molecule has 102 valence electrons. The molecule has 0 unspecified atom stereocenters. The number of nitrogens with zero attached hydrogens (tertiary/aromatic N) is 1. The van der Waals surface area contributed by atoms with Gasteiger partial charge in [-0.15, -0.1) is 0 Å². The van der Waals surface area contributed by atoms with Crippen LogP contribution in [0.5, 0.6) is 5.75 Å². The Hall–Kier alpha value is -1.49. The molecule has 1 amide bonds. The van der Waals surface area contributed by atoms with Crippen molar-refractivity contribution in [1.82, 2.24) is 0 Å². The van der Waals surface area contributed by atoms with Gasteiger partial charge in [0.15, 0.2) is 0 Å². The molecule has 0 N–H and O–H groups in total. The third-order valence-electron chi connectivity index (χ3n) is 3.05. The molecule has 1 aliphatic heterocycles. The number of carbonyl (C=O) groups is 2. The van der Waals surface area contributed by atoms with E-state index in [0.29, 0.717) is 23.5 Å². The molecule has 0 atom stereocenters. The number of Topliss-reactive ketones (excluding diaryl/α,β-unsaturated/α-hetero) is 1. The smallest absolute Gasteiger partial charge is 0.299 e. The Morgan fingerprint density at radius 2 is 2.11 bits per heavy atom. The van der Waals surface area contributed by atoms with Crippen LogP contribution in [0, 0.1) is 0 Å². The molecule has 0 fully saturated rings. The minimum atomic E-state index is -0.433. The predicted octanol–water partition coefficient (Wildman–Crippen LogP) is 2.37. The van der Waals surface area contributed by atoms with Crippen molar-refractivity contribution in [1.29, 1.82) is 0 Å². The fourth-order valence-electron chi connectivity index (χ4n) is 2.10. The van der Waals surface area contributed by atoms with Crippen molar-refractivity contribution in [2.75, 3.05) is 30.1 Å². The van der Waals surface area contributed by atoms with Crippen LogP contribution in [0.2, 0.25) is 0 Å². The van der Waals surface area contributed by atoms with Crippen molar-refractivity contribution in [3.05, 3.63) is 23.8 Å². The molecule has 1 aliphatic rings. The van der Waals surface area contributed by atoms with Crippen LogP contribution < -0.4 is 9.64 Å². The lowest BCUT2D eigenvalue weighted by Crippen LogP contribution is -2.30. The van der Waals surface area contributed by atoms with E-state index in [1.807, 2.05) is 11.8 Å². The van der Waals surface area contributed by atoms with E-state index in [4.69, 9.17) is 4.74 Å². The van der Waals surface area contributed by atoms with Crippen LogP contribution in [0.3, 0.4) is 0 Å². The Labute approximate surface area is 117 Å². The number of methoxy groups -OCH3 is 1. The summed E-state index contributed by atoms with van der Waals surface area (Å²) in [5.74, 6) is 1.81. The molecule has 19 heavy (non-hydrogen) atoms. The number of carbonyl (C=O) groups excluding carboxylic acids is 2. The number of benzene rings is 1. The van der Waals surface area contributed by atoms with Gasteiger partial charge in [0, 0.05) is 6.54 Å². The molecule has 0 aromatic heterocycles. The summed E-state index contributed by atoms with van der Waals surface area (Å²) in [4.78, 5) is 25.4. The van der Waals surface area contributed by atoms with E-state index in [0.717, 1.165) is 17.9 Å². The van der Waals surface area contributed by atoms with Gasteiger partial charge in [-0.05, 0) is 36.1 Å². The number of hydrogen-bond acceptors (Lipinski definition) is 4. The van der Waals surface area contributed by atoms with Crippen LogP contribution in [0.25, 0.3) is 0 Å². The molecular formula is C14H17NO3S. The second kappa shape index (κ2) is 6.10. The second-order valence-corrected chi connectivity index (χ2v) is 5.61. The van der Waals surface area contributed by atoms with Crippen LogP contribution in [0.15, 0.2) is 18.2 Å². The largest absolute Gasteiger partial charge is 0.497 e. The quantitative estimate of drug-likeness (QED) is 0.592. The summed E-state index contributed by atoms with van der Waals surface area (Å²) in [7, 11) is 1.54. The molecule has 1 aromatic carbocycles. The SMILES string of the molecule is CCSCCCN1C(=O)C(=O)c2cc(OC)ccc21. The van der Waals surface area contributed by atoms with Gasteiger partial charge in [-0.2, -0.15) is 11.8 Å². The standard InChI is InChI=1S/C14H17NO3S/c1-3-19-8-4-7-15-12-6-5-10(18-2)9-11(12)13(16)14(15)17/h5-6,9H,3-4,7-8H2,1-2H3. The highest BCUT2D eigenvalue weighted by Gasteiger charge is 2.35. The zero-order valence-electron chi connectivity index (χ0n) is 11.1. The number of fused-ring (bicyclic) bond motifs is 1. The van der Waals surface area contributed by atoms with Gasteiger partial charge in [-0.25, -0.2) is 0 Å². The van der Waals surface area contributed by atoms with E-state index in [2.05, 4.69) is 6.92 Å². The summed E-state index contributed by atoms with van der Waals surface area (Å²) >= 11 is 1.84. The summed E-state index contributed by atoms with van der Waals surface area (Å²) in [5, 5.41) is 0. The third-order valence-corrected chi connectivity index (χ3v) is 4.04. The van der Waals surface area contributed by atoms with E-state index >= 15 is 0 Å². The van der Waals surface area contributed by atoms with E-state index in [9.17, 15) is 9.59 Å². The first kappa shape index (κ1) is 13.9. The fraction of sp³-hybridized carbons (Fsp3) is 0.429. The highest BCUT2D eigenvalue weighted by molar-refractivity contribution is 7.99. The highest BCUT2D eigenvalue weighted by Crippen LogP contribution is 2.32. The minimum Gasteiger partial charge on any atom is -0.497 e. The average Bonchev–Trinajstić information content (AvgIpc) is 2.67. The van der Waals surface area contributed by atoms with Crippen LogP contribution in [-0.4, -0.2) is 36.9 Å². The first-order valence-electron chi connectivity index (χ1n) is 6.31. The van der Waals surface area contributed by atoms with Crippen molar-refractivity contribution in [2.45, 2.75) is 13.3 Å². The first-order chi connectivity index (χ1) is 9.19. The van der Waals surface area contributed by atoms with Crippen LogP contribution >= 0.6 is 11.8 Å². The van der Waals surface area contributed by atoms with Gasteiger partial charge in [0.1, 0.15) is 5.75 Å². The molecule has 0 radical (unpaired) electrons. The van der Waals surface area contributed by atoms with Gasteiger partial charge < -0.3 is 9.64 Å². The summed E-state index contributed by atoms with van der Waals surface area (Å²) in [6, 6.07) is 5.19. The van der Waals surface area contributed by atoms with Gasteiger partial charge in [0.05, 0.1) is 18.4 Å². The molecule has 4 nitrogen and oxygen atoms in total. The zero-order valence-corrected chi connectivity index (χ0v) is 12.0. The van der Waals surface area contributed by atoms with E-state index < -0.39 is 11.7 Å². The van der Waals surface area contributed by atoms with E-state index in [-0.39, 0.29) is 0 Å². The number of anilines is 1. The lowest BCUT2D eigenvalue weighted by Gasteiger charge is -2.16. The van der Waals surface area contributed by atoms with Crippen molar-refractivity contribution in [2.24, 2.45) is 0 Å². The molecule has 1 aromatic rings. The monoisotopic (exact) mass is 279 g/mol. The lowest BCUT2D eigenvalue weighted by molar-refractivity contribution is -0.114. The minimum absolute atomic E-state index is 0.426. The Kier molecular flexibility index (Phi) is 4.47. The van der Waals surface area contributed by atoms with E-state index in [1.54, 1.807) is 30.2 Å². The summed E-state index contributed by atoms with van der Waals surface area (Å²) < 4.78 is 5.09. The number of rotatable bonds is 6. The molecular weight excluding hydrogens is 262 g/mol. The maximum absolute atomic E-state index is 12.0. The average molecular weight is 279 g/mol. The summed E-state index contributed by atoms with van der Waals surface area (Å²) in [5.41, 5.74) is 1.16. The van der Waals surface area contributed by atoms with Gasteiger partial charge in [0.2, 0.25) is 0 Å². The molecule has 0 saturated carbocycles.